The second-order valence-corrected chi connectivity index (χ2v) is 6.77. The quantitative estimate of drug-likeness (QED) is 0.600. The highest BCUT2D eigenvalue weighted by molar-refractivity contribution is 5.88. The highest BCUT2D eigenvalue weighted by atomic mass is 35.5. The molecule has 27 heavy (non-hydrogen) atoms. The van der Waals surface area contributed by atoms with Crippen molar-refractivity contribution in [1.82, 2.24) is 10.3 Å². The molecule has 0 atom stereocenters. The fourth-order valence-corrected chi connectivity index (χ4v) is 3.34. The van der Waals surface area contributed by atoms with Crippen molar-refractivity contribution in [1.29, 1.82) is 0 Å². The van der Waals surface area contributed by atoms with E-state index in [1.807, 2.05) is 0 Å². The Hall–Kier alpha value is -1.62. The number of nitrogens with zero attached hydrogens (tertiary/aromatic N) is 1. The summed E-state index contributed by atoms with van der Waals surface area (Å²) in [7, 11) is 0. The molecule has 0 amide bonds. The molecule has 1 aromatic rings. The van der Waals surface area contributed by atoms with E-state index in [9.17, 15) is 0 Å². The molecule has 0 radical (unpaired) electrons. The van der Waals surface area contributed by atoms with Crippen LogP contribution in [0.1, 0.15) is 39.7 Å². The van der Waals surface area contributed by atoms with Gasteiger partial charge in [-0.2, -0.15) is 0 Å². The van der Waals surface area contributed by atoms with E-state index in [2.05, 4.69) is 79.1 Å². The van der Waals surface area contributed by atoms with Crippen molar-refractivity contribution in [2.24, 2.45) is 0 Å². The number of rotatable bonds is 6. The number of anilines is 2. The summed E-state index contributed by atoms with van der Waals surface area (Å²) in [4.78, 5) is 2.43. The zero-order valence-electron chi connectivity index (χ0n) is 16.7. The lowest BCUT2D eigenvalue weighted by atomic mass is 9.97. The number of allylic oxidation sites excluding steroid dienone is 5. The third kappa shape index (κ3) is 5.44. The number of hydrogen-bond acceptors (Lipinski definition) is 4. The highest BCUT2D eigenvalue weighted by Gasteiger charge is 2.19. The second kappa shape index (κ2) is 10.6. The molecule has 150 valence electrons. The van der Waals surface area contributed by atoms with Gasteiger partial charge in [0.2, 0.25) is 0 Å². The average molecular weight is 411 g/mol. The fourth-order valence-electron chi connectivity index (χ4n) is 3.34. The molecule has 6 heteroatoms. The number of nitrogens with one attached hydrogen (secondary N) is 3. The van der Waals surface area contributed by atoms with Gasteiger partial charge in [-0.25, -0.2) is 0 Å². The molecular weight excluding hydrogens is 379 g/mol. The van der Waals surface area contributed by atoms with Gasteiger partial charge in [-0.1, -0.05) is 31.6 Å². The van der Waals surface area contributed by atoms with Gasteiger partial charge < -0.3 is 21.1 Å². The molecule has 3 N–H and O–H groups in total. The third-order valence-corrected chi connectivity index (χ3v) is 5.23. The van der Waals surface area contributed by atoms with Crippen molar-refractivity contribution in [2.75, 3.05) is 36.9 Å². The summed E-state index contributed by atoms with van der Waals surface area (Å²) >= 11 is 0. The molecule has 0 spiro atoms. The highest BCUT2D eigenvalue weighted by Crippen LogP contribution is 2.36. The van der Waals surface area contributed by atoms with E-state index < -0.39 is 0 Å². The minimum Gasteiger partial charge on any atom is -0.384 e. The van der Waals surface area contributed by atoms with Crippen molar-refractivity contribution < 1.29 is 0 Å². The molecular formula is C21H32Cl2N4. The van der Waals surface area contributed by atoms with E-state index in [0.717, 1.165) is 44.0 Å². The molecule has 0 aromatic heterocycles. The largest absolute Gasteiger partial charge is 0.384 e. The minimum atomic E-state index is 0. The summed E-state index contributed by atoms with van der Waals surface area (Å²) < 4.78 is 0. The van der Waals surface area contributed by atoms with Crippen LogP contribution in [0.3, 0.4) is 0 Å². The van der Waals surface area contributed by atoms with E-state index in [-0.39, 0.29) is 24.8 Å². The van der Waals surface area contributed by atoms with Crippen molar-refractivity contribution >= 4 is 41.8 Å². The Morgan fingerprint density at radius 2 is 1.78 bits per heavy atom. The SMILES string of the molecule is CCN(CC)CCNc1ccc2c(c1)NNC1=C2C=C(C)C(C)=CC1.Cl.Cl. The van der Waals surface area contributed by atoms with Crippen LogP contribution in [-0.2, 0) is 0 Å². The first-order chi connectivity index (χ1) is 12.1. The van der Waals surface area contributed by atoms with Crippen molar-refractivity contribution in [3.8, 4) is 0 Å². The molecule has 0 unspecified atom stereocenters. The first-order valence-electron chi connectivity index (χ1n) is 9.33. The van der Waals surface area contributed by atoms with Crippen molar-refractivity contribution in [2.45, 2.75) is 34.1 Å². The topological polar surface area (TPSA) is 39.3 Å². The Morgan fingerprint density at radius 3 is 2.48 bits per heavy atom. The first-order valence-corrected chi connectivity index (χ1v) is 9.33. The maximum Gasteiger partial charge on any atom is 0.0639 e. The number of halogens is 2. The monoisotopic (exact) mass is 410 g/mol. The maximum atomic E-state index is 3.54. The molecule has 1 heterocycles. The third-order valence-electron chi connectivity index (χ3n) is 5.23. The zero-order chi connectivity index (χ0) is 17.8. The molecule has 3 rings (SSSR count). The lowest BCUT2D eigenvalue weighted by molar-refractivity contribution is 0.316. The lowest BCUT2D eigenvalue weighted by Gasteiger charge is -2.25. The van der Waals surface area contributed by atoms with Gasteiger partial charge in [-0.3, -0.25) is 0 Å². The summed E-state index contributed by atoms with van der Waals surface area (Å²) in [5.74, 6) is 0. The minimum absolute atomic E-state index is 0. The number of benzene rings is 1. The van der Waals surface area contributed by atoms with Crippen LogP contribution in [0.5, 0.6) is 0 Å². The summed E-state index contributed by atoms with van der Waals surface area (Å²) in [6.07, 6.45) is 5.52. The Balaban J connectivity index is 0.00000182. The van der Waals surface area contributed by atoms with E-state index in [1.165, 1.54) is 28.0 Å². The van der Waals surface area contributed by atoms with Gasteiger partial charge >= 0.3 is 0 Å². The van der Waals surface area contributed by atoms with Crippen LogP contribution in [0.4, 0.5) is 11.4 Å². The second-order valence-electron chi connectivity index (χ2n) is 6.77. The molecule has 0 saturated heterocycles. The smallest absolute Gasteiger partial charge is 0.0639 e. The zero-order valence-corrected chi connectivity index (χ0v) is 18.3. The fraction of sp³-hybridized carbons (Fsp3) is 0.429. The molecule has 0 saturated carbocycles. The molecule has 1 aliphatic carbocycles. The van der Waals surface area contributed by atoms with Gasteiger partial charge in [-0.15, -0.1) is 24.8 Å². The van der Waals surface area contributed by atoms with E-state index in [4.69, 9.17) is 0 Å². The Kier molecular flexibility index (Phi) is 9.23. The van der Waals surface area contributed by atoms with Crippen LogP contribution in [0.2, 0.25) is 0 Å². The van der Waals surface area contributed by atoms with Crippen LogP contribution in [0, 0.1) is 0 Å². The molecule has 2 aliphatic rings. The predicted octanol–water partition coefficient (Wildman–Crippen LogP) is 5.22. The molecule has 0 fully saturated rings. The summed E-state index contributed by atoms with van der Waals surface area (Å²) in [6, 6.07) is 6.61. The average Bonchev–Trinajstić information content (AvgIpc) is 2.77. The first kappa shape index (κ1) is 23.4. The number of likely N-dealkylation sites (N-methyl/N-ethyl adjacent to an activating group) is 1. The van der Waals surface area contributed by atoms with Gasteiger partial charge in [0, 0.05) is 42.0 Å². The molecule has 1 aromatic carbocycles. The summed E-state index contributed by atoms with van der Waals surface area (Å²) in [5, 5.41) is 3.54. The Morgan fingerprint density at radius 1 is 1.04 bits per heavy atom. The lowest BCUT2D eigenvalue weighted by Crippen LogP contribution is -2.29. The van der Waals surface area contributed by atoms with Crippen LogP contribution in [0.15, 0.2) is 47.2 Å². The van der Waals surface area contributed by atoms with Gasteiger partial charge in [-0.05, 0) is 50.7 Å². The van der Waals surface area contributed by atoms with Crippen LogP contribution >= 0.6 is 24.8 Å². The standard InChI is InChI=1S/C21H30N4.2ClH/c1-5-25(6-2)12-11-22-17-8-9-18-19-13-16(4)15(3)7-10-20(19)23-24-21(18)14-17;;/h7-9,13-14,22-24H,5-6,10-12H2,1-4H3;2*1H. The van der Waals surface area contributed by atoms with Crippen LogP contribution < -0.4 is 16.2 Å². The van der Waals surface area contributed by atoms with E-state index in [0.29, 0.717) is 0 Å². The Bertz CT molecular complexity index is 734. The van der Waals surface area contributed by atoms with E-state index in [1.54, 1.807) is 0 Å². The number of fused-ring (bicyclic) bond motifs is 2. The van der Waals surface area contributed by atoms with E-state index >= 15 is 0 Å². The van der Waals surface area contributed by atoms with Crippen molar-refractivity contribution in [3.63, 3.8) is 0 Å². The number of hydrogen-bond donors (Lipinski definition) is 3. The van der Waals surface area contributed by atoms with Crippen molar-refractivity contribution in [3.05, 3.63) is 52.8 Å². The van der Waals surface area contributed by atoms with Gasteiger partial charge in [0.05, 0.1) is 5.69 Å². The maximum absolute atomic E-state index is 3.54. The summed E-state index contributed by atoms with van der Waals surface area (Å²) in [5.41, 5.74) is 15.5. The van der Waals surface area contributed by atoms with Gasteiger partial charge in [0.15, 0.2) is 0 Å². The molecule has 4 nitrogen and oxygen atoms in total. The summed E-state index contributed by atoms with van der Waals surface area (Å²) in [6.45, 7) is 13.0. The molecule has 0 bridgehead atoms. The van der Waals surface area contributed by atoms with Gasteiger partial charge in [0.1, 0.15) is 0 Å². The van der Waals surface area contributed by atoms with Gasteiger partial charge in [0.25, 0.3) is 0 Å². The normalized spacial score (nSPS) is 15.0. The van der Waals surface area contributed by atoms with Crippen LogP contribution in [0.25, 0.3) is 5.57 Å². The predicted molar refractivity (Wildman–Crippen MR) is 123 cm³/mol. The Labute approximate surface area is 176 Å². The molecule has 1 aliphatic heterocycles. The van der Waals surface area contributed by atoms with Crippen LogP contribution in [-0.4, -0.2) is 31.1 Å². The number of hydrazine groups is 1.